The summed E-state index contributed by atoms with van der Waals surface area (Å²) in [7, 11) is 0. The summed E-state index contributed by atoms with van der Waals surface area (Å²) in [4.78, 5) is 11.6. The Balaban J connectivity index is 0.00000480. The molecule has 0 bridgehead atoms. The molecule has 0 heterocycles. The third-order valence-electron chi connectivity index (χ3n) is 4.34. The summed E-state index contributed by atoms with van der Waals surface area (Å²) in [5, 5.41) is 0. The van der Waals surface area contributed by atoms with Gasteiger partial charge >= 0.3 is 18.3 Å². The molecule has 0 aliphatic rings. The fraction of sp³-hybridized carbons (Fsp3) is 0.350. The zero-order valence-corrected chi connectivity index (χ0v) is 17.1. The molecule has 2 aromatic rings. The molecule has 0 aliphatic heterocycles. The Morgan fingerprint density at radius 3 is 2.03 bits per heavy atom. The van der Waals surface area contributed by atoms with Gasteiger partial charge in [0.15, 0.2) is 0 Å². The molecule has 0 radical (unpaired) electrons. The van der Waals surface area contributed by atoms with E-state index in [4.69, 9.17) is 10.5 Å². The van der Waals surface area contributed by atoms with Crippen molar-refractivity contribution in [3.05, 3.63) is 58.4 Å². The number of esters is 1. The number of aryl methyl sites for hydroxylation is 1. The third kappa shape index (κ3) is 6.10. The lowest BCUT2D eigenvalue weighted by Gasteiger charge is -2.21. The van der Waals surface area contributed by atoms with Gasteiger partial charge in [0.2, 0.25) is 0 Å². The molecular formula is C20H19ClF7NO2. The largest absolute Gasteiger partial charge is 0.466 e. The number of rotatable bonds is 5. The van der Waals surface area contributed by atoms with Crippen molar-refractivity contribution in [1.29, 1.82) is 0 Å². The van der Waals surface area contributed by atoms with Crippen molar-refractivity contribution in [1.82, 2.24) is 0 Å². The molecule has 0 fully saturated rings. The highest BCUT2D eigenvalue weighted by atomic mass is 35.5. The summed E-state index contributed by atoms with van der Waals surface area (Å²) in [5.41, 5.74) is 0.518. The minimum absolute atomic E-state index is 0. The first kappa shape index (κ1) is 26.7. The van der Waals surface area contributed by atoms with Crippen LogP contribution in [0.5, 0.6) is 0 Å². The van der Waals surface area contributed by atoms with Gasteiger partial charge in [-0.15, -0.1) is 12.4 Å². The van der Waals surface area contributed by atoms with Gasteiger partial charge in [-0.05, 0) is 49.2 Å². The molecule has 1 atom stereocenters. The predicted octanol–water partition coefficient (Wildman–Crippen LogP) is 6.21. The van der Waals surface area contributed by atoms with E-state index in [1.165, 1.54) is 13.8 Å². The van der Waals surface area contributed by atoms with Gasteiger partial charge in [0.05, 0.1) is 24.2 Å². The van der Waals surface area contributed by atoms with E-state index in [1.807, 2.05) is 0 Å². The van der Waals surface area contributed by atoms with Crippen LogP contribution in [-0.2, 0) is 21.9 Å². The van der Waals surface area contributed by atoms with Gasteiger partial charge in [-0.3, -0.25) is 4.79 Å². The summed E-state index contributed by atoms with van der Waals surface area (Å²) in [5.74, 6) is -1.70. The van der Waals surface area contributed by atoms with Gasteiger partial charge in [-0.1, -0.05) is 6.07 Å². The van der Waals surface area contributed by atoms with Crippen molar-refractivity contribution in [2.45, 2.75) is 38.7 Å². The molecule has 0 aliphatic carbocycles. The number of benzene rings is 2. The second-order valence-electron chi connectivity index (χ2n) is 6.54. The van der Waals surface area contributed by atoms with Crippen LogP contribution in [0.4, 0.5) is 30.7 Å². The smallest absolute Gasteiger partial charge is 0.417 e. The number of carbonyl (C=O) groups excluding carboxylic acids is 1. The number of nitrogens with two attached hydrogens (primary N) is 1. The van der Waals surface area contributed by atoms with E-state index in [1.54, 1.807) is 0 Å². The first-order valence-electron chi connectivity index (χ1n) is 8.76. The van der Waals surface area contributed by atoms with Crippen LogP contribution in [-0.4, -0.2) is 12.6 Å². The highest BCUT2D eigenvalue weighted by molar-refractivity contribution is 5.85. The van der Waals surface area contributed by atoms with E-state index in [0.29, 0.717) is 18.2 Å². The van der Waals surface area contributed by atoms with E-state index in [-0.39, 0.29) is 30.1 Å². The van der Waals surface area contributed by atoms with Crippen LogP contribution in [0, 0.1) is 12.7 Å². The second-order valence-corrected chi connectivity index (χ2v) is 6.54. The van der Waals surface area contributed by atoms with Crippen molar-refractivity contribution in [3.63, 3.8) is 0 Å². The molecule has 2 N–H and O–H groups in total. The van der Waals surface area contributed by atoms with Crippen LogP contribution in [0.15, 0.2) is 30.3 Å². The number of ether oxygens (including phenoxy) is 1. The second kappa shape index (κ2) is 9.86. The Hall–Kier alpha value is -2.33. The third-order valence-corrected chi connectivity index (χ3v) is 4.34. The summed E-state index contributed by atoms with van der Waals surface area (Å²) >= 11 is 0. The lowest BCUT2D eigenvalue weighted by Crippen LogP contribution is -2.19. The number of alkyl halides is 6. The maximum absolute atomic E-state index is 14.6. The Labute approximate surface area is 179 Å². The molecule has 11 heteroatoms. The molecule has 2 aromatic carbocycles. The molecule has 172 valence electrons. The molecule has 31 heavy (non-hydrogen) atoms. The fourth-order valence-electron chi connectivity index (χ4n) is 3.06. The predicted molar refractivity (Wildman–Crippen MR) is 102 cm³/mol. The van der Waals surface area contributed by atoms with E-state index in [0.717, 1.165) is 12.1 Å². The van der Waals surface area contributed by atoms with Gasteiger partial charge in [0.25, 0.3) is 0 Å². The summed E-state index contributed by atoms with van der Waals surface area (Å²) in [6, 6.07) is 2.05. The van der Waals surface area contributed by atoms with E-state index >= 15 is 0 Å². The average Bonchev–Trinajstić information content (AvgIpc) is 2.61. The topological polar surface area (TPSA) is 52.3 Å². The van der Waals surface area contributed by atoms with Crippen LogP contribution < -0.4 is 5.73 Å². The monoisotopic (exact) mass is 473 g/mol. The van der Waals surface area contributed by atoms with Crippen LogP contribution in [0.3, 0.4) is 0 Å². The highest BCUT2D eigenvalue weighted by Gasteiger charge is 2.41. The quantitative estimate of drug-likeness (QED) is 0.415. The van der Waals surface area contributed by atoms with E-state index < -0.39 is 58.9 Å². The lowest BCUT2D eigenvalue weighted by molar-refractivity contribution is -0.144. The number of carbonyl (C=O) groups is 1. The molecule has 0 saturated carbocycles. The SMILES string of the molecule is CCOC(=O)CC(N)c1cc(-c2c(C(F)(F)F)cccc2C(F)(F)F)cc(C)c1F.Cl. The maximum atomic E-state index is 14.6. The van der Waals surface area contributed by atoms with Gasteiger partial charge in [0, 0.05) is 17.2 Å². The standard InChI is InChI=1S/C20H18F7NO2.ClH/c1-3-30-16(29)9-15(28)12-8-11(7-10(2)18(12)21)17-13(19(22,23)24)5-4-6-14(17)20(25,26)27;/h4-8,15H,3,9,28H2,1-2H3;1H. The minimum Gasteiger partial charge on any atom is -0.466 e. The van der Waals surface area contributed by atoms with Gasteiger partial charge in [0.1, 0.15) is 5.82 Å². The van der Waals surface area contributed by atoms with Crippen molar-refractivity contribution in [2.75, 3.05) is 6.61 Å². The summed E-state index contributed by atoms with van der Waals surface area (Å²) in [6.45, 7) is 2.74. The summed E-state index contributed by atoms with van der Waals surface area (Å²) in [6.07, 6.45) is -10.7. The number of hydrogen-bond donors (Lipinski definition) is 1. The van der Waals surface area contributed by atoms with Crippen LogP contribution in [0.25, 0.3) is 11.1 Å². The zero-order chi connectivity index (χ0) is 22.9. The molecule has 0 aromatic heterocycles. The summed E-state index contributed by atoms with van der Waals surface area (Å²) < 4.78 is 100. The van der Waals surface area contributed by atoms with E-state index in [9.17, 15) is 35.5 Å². The lowest BCUT2D eigenvalue weighted by atomic mass is 9.89. The normalized spacial score (nSPS) is 12.8. The molecular weight excluding hydrogens is 455 g/mol. The van der Waals surface area contributed by atoms with Crippen LogP contribution in [0.2, 0.25) is 0 Å². The molecule has 0 spiro atoms. The Morgan fingerprint density at radius 1 is 1.06 bits per heavy atom. The Morgan fingerprint density at radius 2 is 1.58 bits per heavy atom. The van der Waals surface area contributed by atoms with Crippen molar-refractivity contribution >= 4 is 18.4 Å². The maximum Gasteiger partial charge on any atom is 0.417 e. The van der Waals surface area contributed by atoms with Gasteiger partial charge < -0.3 is 10.5 Å². The van der Waals surface area contributed by atoms with Crippen LogP contribution in [0.1, 0.15) is 41.6 Å². The molecule has 0 amide bonds. The van der Waals surface area contributed by atoms with Gasteiger partial charge in [-0.25, -0.2) is 4.39 Å². The van der Waals surface area contributed by atoms with Crippen molar-refractivity contribution in [3.8, 4) is 11.1 Å². The highest BCUT2D eigenvalue weighted by Crippen LogP contribution is 2.45. The number of hydrogen-bond acceptors (Lipinski definition) is 3. The first-order chi connectivity index (χ1) is 13.8. The zero-order valence-electron chi connectivity index (χ0n) is 16.3. The van der Waals surface area contributed by atoms with Gasteiger partial charge in [-0.2, -0.15) is 26.3 Å². The van der Waals surface area contributed by atoms with Crippen molar-refractivity contribution in [2.24, 2.45) is 5.73 Å². The molecule has 0 saturated heterocycles. The molecule has 2 rings (SSSR count). The fourth-order valence-corrected chi connectivity index (χ4v) is 3.06. The number of halogens is 8. The van der Waals surface area contributed by atoms with Crippen LogP contribution >= 0.6 is 12.4 Å². The van der Waals surface area contributed by atoms with E-state index in [2.05, 4.69) is 0 Å². The molecule has 3 nitrogen and oxygen atoms in total. The molecule has 1 unspecified atom stereocenters. The average molecular weight is 474 g/mol. The van der Waals surface area contributed by atoms with Crippen molar-refractivity contribution < 1.29 is 40.3 Å². The minimum atomic E-state index is -5.09. The Kier molecular flexibility index (Phi) is 8.50. The first-order valence-corrected chi connectivity index (χ1v) is 8.76. The Bertz CT molecular complexity index is 910.